The third-order valence-corrected chi connectivity index (χ3v) is 3.82. The van der Waals surface area contributed by atoms with Crippen molar-refractivity contribution in [3.8, 4) is 0 Å². The van der Waals surface area contributed by atoms with Gasteiger partial charge < -0.3 is 5.11 Å². The van der Waals surface area contributed by atoms with Crippen LogP contribution in [0, 0.1) is 5.92 Å². The molecule has 1 N–H and O–H groups in total. The van der Waals surface area contributed by atoms with E-state index in [9.17, 15) is 4.79 Å². The predicted molar refractivity (Wildman–Crippen MR) is 82.5 cm³/mol. The molecule has 0 aromatic heterocycles. The number of hydrogen-bond acceptors (Lipinski definition) is 1. The Morgan fingerprint density at radius 3 is 1.68 bits per heavy atom. The fourth-order valence-electron chi connectivity index (χ4n) is 2.56. The molecule has 0 aromatic carbocycles. The van der Waals surface area contributed by atoms with Gasteiger partial charge in [-0.2, -0.15) is 0 Å². The van der Waals surface area contributed by atoms with Crippen LogP contribution in [0.4, 0.5) is 0 Å². The first-order valence-corrected chi connectivity index (χ1v) is 8.38. The molecule has 114 valence electrons. The van der Waals surface area contributed by atoms with Gasteiger partial charge in [-0.25, -0.2) is 0 Å². The second-order valence-electron chi connectivity index (χ2n) is 6.03. The van der Waals surface area contributed by atoms with E-state index < -0.39 is 5.97 Å². The van der Waals surface area contributed by atoms with E-state index >= 15 is 0 Å². The van der Waals surface area contributed by atoms with E-state index in [1.54, 1.807) is 0 Å². The summed E-state index contributed by atoms with van der Waals surface area (Å²) in [6.45, 7) is 4.31. The van der Waals surface area contributed by atoms with E-state index in [2.05, 4.69) is 6.92 Å². The first kappa shape index (κ1) is 18.5. The highest BCUT2D eigenvalue weighted by Gasteiger charge is 2.06. The molecule has 0 heterocycles. The van der Waals surface area contributed by atoms with Crippen LogP contribution in [-0.2, 0) is 4.79 Å². The van der Waals surface area contributed by atoms with Crippen molar-refractivity contribution >= 4 is 5.97 Å². The summed E-state index contributed by atoms with van der Waals surface area (Å²) >= 11 is 0. The molecule has 0 unspecified atom stereocenters. The highest BCUT2D eigenvalue weighted by atomic mass is 16.4. The molecule has 0 fully saturated rings. The van der Waals surface area contributed by atoms with Crippen molar-refractivity contribution in [3.05, 3.63) is 0 Å². The average molecular weight is 270 g/mol. The van der Waals surface area contributed by atoms with Crippen molar-refractivity contribution in [2.75, 3.05) is 0 Å². The lowest BCUT2D eigenvalue weighted by atomic mass is 9.99. The molecular formula is C17H34O2. The Kier molecular flexibility index (Phi) is 13.5. The van der Waals surface area contributed by atoms with Gasteiger partial charge in [-0.15, -0.1) is 0 Å². The van der Waals surface area contributed by atoms with Gasteiger partial charge in [0.15, 0.2) is 0 Å². The molecule has 2 heteroatoms. The molecule has 0 amide bonds. The number of aliphatic carboxylic acids is 1. The van der Waals surface area contributed by atoms with Gasteiger partial charge in [0.05, 0.1) is 0 Å². The highest BCUT2D eigenvalue weighted by molar-refractivity contribution is 5.66. The van der Waals surface area contributed by atoms with Crippen LogP contribution in [0.3, 0.4) is 0 Å². The summed E-state index contributed by atoms with van der Waals surface area (Å²) in [5.74, 6) is -0.313. The fraction of sp³-hybridized carbons (Fsp3) is 0.941. The summed E-state index contributed by atoms with van der Waals surface area (Å²) < 4.78 is 0. The Hall–Kier alpha value is -0.530. The van der Waals surface area contributed by atoms with Gasteiger partial charge in [-0.1, -0.05) is 90.9 Å². The lowest BCUT2D eigenvalue weighted by Gasteiger charge is -2.07. The highest BCUT2D eigenvalue weighted by Crippen LogP contribution is 2.15. The summed E-state index contributed by atoms with van der Waals surface area (Å²) in [5.41, 5.74) is 0. The molecule has 0 aliphatic carbocycles. The number of hydrogen-bond donors (Lipinski definition) is 1. The molecular weight excluding hydrogens is 236 g/mol. The molecule has 0 rings (SSSR count). The molecule has 0 aliphatic heterocycles. The Morgan fingerprint density at radius 1 is 0.842 bits per heavy atom. The van der Waals surface area contributed by atoms with Crippen molar-refractivity contribution in [1.82, 2.24) is 0 Å². The standard InChI is InChI=1S/C17H34O2/c1-3-4-5-6-7-8-9-10-11-12-13-14-16(2)15-17(18)19/h16H,3-15H2,1-2H3,(H,18,19)/t16-/m1/s1. The topological polar surface area (TPSA) is 37.3 Å². The number of unbranched alkanes of at least 4 members (excludes halogenated alkanes) is 10. The smallest absolute Gasteiger partial charge is 0.303 e. The molecule has 0 bridgehead atoms. The third kappa shape index (κ3) is 15.4. The number of carbonyl (C=O) groups is 1. The fourth-order valence-corrected chi connectivity index (χ4v) is 2.56. The van der Waals surface area contributed by atoms with Crippen LogP contribution in [0.25, 0.3) is 0 Å². The third-order valence-electron chi connectivity index (χ3n) is 3.82. The molecule has 0 aliphatic rings. The van der Waals surface area contributed by atoms with Crippen LogP contribution < -0.4 is 0 Å². The number of carboxylic acids is 1. The Bertz CT molecular complexity index is 201. The van der Waals surface area contributed by atoms with E-state index in [4.69, 9.17) is 5.11 Å². The van der Waals surface area contributed by atoms with Gasteiger partial charge in [-0.05, 0) is 5.92 Å². The molecule has 0 saturated heterocycles. The van der Waals surface area contributed by atoms with Crippen molar-refractivity contribution in [2.24, 2.45) is 5.92 Å². The second kappa shape index (κ2) is 13.9. The van der Waals surface area contributed by atoms with E-state index in [-0.39, 0.29) is 0 Å². The quantitative estimate of drug-likeness (QED) is 0.405. The zero-order chi connectivity index (χ0) is 14.3. The zero-order valence-corrected chi connectivity index (χ0v) is 13.1. The largest absolute Gasteiger partial charge is 0.481 e. The van der Waals surface area contributed by atoms with Crippen LogP contribution in [0.2, 0.25) is 0 Å². The van der Waals surface area contributed by atoms with Gasteiger partial charge in [0.1, 0.15) is 0 Å². The Morgan fingerprint density at radius 2 is 1.26 bits per heavy atom. The zero-order valence-electron chi connectivity index (χ0n) is 13.1. The van der Waals surface area contributed by atoms with Gasteiger partial charge >= 0.3 is 5.97 Å². The second-order valence-corrected chi connectivity index (χ2v) is 6.03. The maximum atomic E-state index is 10.5. The summed E-state index contributed by atoms with van der Waals surface area (Å²) in [5, 5.41) is 8.66. The van der Waals surface area contributed by atoms with E-state index in [0.717, 1.165) is 6.42 Å². The maximum Gasteiger partial charge on any atom is 0.303 e. The van der Waals surface area contributed by atoms with Crippen molar-refractivity contribution in [2.45, 2.75) is 97.3 Å². The van der Waals surface area contributed by atoms with Crippen LogP contribution in [-0.4, -0.2) is 11.1 Å². The van der Waals surface area contributed by atoms with Crippen LogP contribution >= 0.6 is 0 Å². The molecule has 0 radical (unpaired) electrons. The average Bonchev–Trinajstić information content (AvgIpc) is 2.35. The number of rotatable bonds is 14. The van der Waals surface area contributed by atoms with Crippen molar-refractivity contribution in [3.63, 3.8) is 0 Å². The van der Waals surface area contributed by atoms with Gasteiger partial charge in [-0.3, -0.25) is 4.79 Å². The normalized spacial score (nSPS) is 12.5. The van der Waals surface area contributed by atoms with Crippen LogP contribution in [0.1, 0.15) is 97.3 Å². The predicted octanol–water partition coefficient (Wildman–Crippen LogP) is 5.80. The summed E-state index contributed by atoms with van der Waals surface area (Å²) in [6.07, 6.45) is 16.3. The minimum atomic E-state index is -0.657. The maximum absolute atomic E-state index is 10.5. The minimum Gasteiger partial charge on any atom is -0.481 e. The molecule has 2 nitrogen and oxygen atoms in total. The minimum absolute atomic E-state index is 0.331. The number of carboxylic acid groups (broad SMARTS) is 1. The lowest BCUT2D eigenvalue weighted by molar-refractivity contribution is -0.138. The summed E-state index contributed by atoms with van der Waals surface area (Å²) in [6, 6.07) is 0. The Labute approximate surface area is 120 Å². The van der Waals surface area contributed by atoms with Crippen molar-refractivity contribution in [1.29, 1.82) is 0 Å². The molecule has 19 heavy (non-hydrogen) atoms. The van der Waals surface area contributed by atoms with Crippen LogP contribution in [0.5, 0.6) is 0 Å². The monoisotopic (exact) mass is 270 g/mol. The molecule has 1 atom stereocenters. The van der Waals surface area contributed by atoms with Crippen molar-refractivity contribution < 1.29 is 9.90 Å². The first-order chi connectivity index (χ1) is 9.16. The molecule has 0 saturated carbocycles. The van der Waals surface area contributed by atoms with Gasteiger partial charge in [0.25, 0.3) is 0 Å². The summed E-state index contributed by atoms with van der Waals surface area (Å²) in [4.78, 5) is 10.5. The molecule has 0 spiro atoms. The summed E-state index contributed by atoms with van der Waals surface area (Å²) in [7, 11) is 0. The SMILES string of the molecule is CCCCCCCCCCCCC[C@@H](C)CC(=O)O. The van der Waals surface area contributed by atoms with Crippen LogP contribution in [0.15, 0.2) is 0 Å². The Balaban J connectivity index is 3.08. The van der Waals surface area contributed by atoms with Gasteiger partial charge in [0.2, 0.25) is 0 Å². The van der Waals surface area contributed by atoms with Gasteiger partial charge in [0, 0.05) is 6.42 Å². The van der Waals surface area contributed by atoms with E-state index in [0.29, 0.717) is 12.3 Å². The van der Waals surface area contributed by atoms with E-state index in [1.165, 1.54) is 70.6 Å². The molecule has 0 aromatic rings. The van der Waals surface area contributed by atoms with E-state index in [1.807, 2.05) is 6.92 Å². The lowest BCUT2D eigenvalue weighted by Crippen LogP contribution is -2.03. The first-order valence-electron chi connectivity index (χ1n) is 8.38.